The fraction of sp³-hybridized carbons (Fsp3) is 0. The van der Waals surface area contributed by atoms with Gasteiger partial charge in [0.25, 0.3) is 0 Å². The van der Waals surface area contributed by atoms with E-state index in [1.165, 1.54) is 0 Å². The molecule has 4 heavy (non-hydrogen) atoms. The van der Waals surface area contributed by atoms with E-state index >= 15 is 0 Å². The molecule has 4 heteroatoms. The standard InChI is InChI=1S/Al.2FH.Na.4H/h;2*1H;;;;;. The first-order valence-corrected chi connectivity index (χ1v) is 0. The third-order valence-electron chi connectivity index (χ3n) is 0. The van der Waals surface area contributed by atoms with Crippen LogP contribution in [-0.2, 0) is 0 Å². The molecule has 24 valence electrons. The second-order valence-electron chi connectivity index (χ2n) is 0. The van der Waals surface area contributed by atoms with Gasteiger partial charge in [-0.15, -0.1) is 0 Å². The van der Waals surface area contributed by atoms with Crippen LogP contribution in [0, 0.1) is 0 Å². The minimum absolute atomic E-state index is 0. The van der Waals surface area contributed by atoms with Gasteiger partial charge in [-0.3, -0.25) is 9.41 Å². The van der Waals surface area contributed by atoms with E-state index in [-0.39, 0.29) is 56.3 Å². The van der Waals surface area contributed by atoms with Gasteiger partial charge in [-0.05, 0) is 0 Å². The van der Waals surface area contributed by atoms with Crippen molar-refractivity contribution in [3.63, 3.8) is 0 Å². The van der Waals surface area contributed by atoms with E-state index in [4.69, 9.17) is 0 Å². The molecule has 0 bridgehead atoms. The van der Waals surface area contributed by atoms with Crippen LogP contribution in [0.2, 0.25) is 0 Å². The monoisotopic (exact) mass is 94.0 g/mol. The summed E-state index contributed by atoms with van der Waals surface area (Å²) in [6.45, 7) is 0. The Bertz CT molecular complexity index is 6.00. The molecule has 0 atom stereocenters. The van der Waals surface area contributed by atoms with Crippen molar-refractivity contribution in [2.45, 2.75) is 0 Å². The second kappa shape index (κ2) is 26.1. The van der Waals surface area contributed by atoms with Crippen LogP contribution < -0.4 is 0 Å². The summed E-state index contributed by atoms with van der Waals surface area (Å²) in [6.07, 6.45) is 0. The molecule has 0 radical (unpaired) electrons. The average Bonchev–Trinajstić information content (AvgIpc) is 0. The topological polar surface area (TPSA) is 0 Å². The molecule has 0 aliphatic carbocycles. The van der Waals surface area contributed by atoms with Gasteiger partial charge in [-0.25, -0.2) is 0 Å². The average molecular weight is 94.0 g/mol. The maximum atomic E-state index is 0. The summed E-state index contributed by atoms with van der Waals surface area (Å²) in [4.78, 5) is 0. The molecule has 0 rings (SSSR count). The van der Waals surface area contributed by atoms with Crippen LogP contribution in [-0.4, -0.2) is 46.9 Å². The quantitative estimate of drug-likeness (QED) is 0.319. The SMILES string of the molecule is F.F.[AlH3].[NaH]. The van der Waals surface area contributed by atoms with E-state index in [2.05, 4.69) is 0 Å². The van der Waals surface area contributed by atoms with Crippen molar-refractivity contribution in [1.82, 2.24) is 0 Å². The molecule has 0 spiro atoms. The van der Waals surface area contributed by atoms with E-state index in [0.717, 1.165) is 0 Å². The minimum atomic E-state index is 0. The van der Waals surface area contributed by atoms with Gasteiger partial charge in [0.1, 0.15) is 0 Å². The van der Waals surface area contributed by atoms with Gasteiger partial charge < -0.3 is 0 Å². The van der Waals surface area contributed by atoms with E-state index in [0.29, 0.717) is 0 Å². The summed E-state index contributed by atoms with van der Waals surface area (Å²) < 4.78 is 0. The normalized spacial score (nSPS) is 0. The Balaban J connectivity index is 0. The third-order valence-corrected chi connectivity index (χ3v) is 0. The molecule has 0 aromatic heterocycles. The van der Waals surface area contributed by atoms with Crippen molar-refractivity contribution in [2.75, 3.05) is 0 Å². The molecule has 0 heterocycles. The van der Waals surface area contributed by atoms with Crippen LogP contribution in [0.4, 0.5) is 9.41 Å². The van der Waals surface area contributed by atoms with Crippen LogP contribution >= 0.6 is 0 Å². The van der Waals surface area contributed by atoms with Crippen molar-refractivity contribution < 1.29 is 9.41 Å². The second-order valence-corrected chi connectivity index (χ2v) is 0. The molecule has 0 aliphatic heterocycles. The molecule has 0 unspecified atom stereocenters. The molecule has 0 amide bonds. The zero-order valence-electron chi connectivity index (χ0n) is 0.816. The Morgan fingerprint density at radius 2 is 0.750 bits per heavy atom. The molecular weight excluding hydrogens is 88.0 g/mol. The summed E-state index contributed by atoms with van der Waals surface area (Å²) in [5.74, 6) is 0. The molecule has 0 saturated heterocycles. The van der Waals surface area contributed by atoms with Crippen LogP contribution in [0.25, 0.3) is 0 Å². The van der Waals surface area contributed by atoms with E-state index in [9.17, 15) is 0 Å². The Kier molecular flexibility index (Phi) is 350. The van der Waals surface area contributed by atoms with Crippen LogP contribution in [0.15, 0.2) is 0 Å². The Hall–Kier alpha value is 1.39. The van der Waals surface area contributed by atoms with Gasteiger partial charge in [0.05, 0.1) is 0 Å². The predicted molar refractivity (Wildman–Crippen MR) is 22.1 cm³/mol. The molecule has 0 N–H and O–H groups in total. The fourth-order valence-electron chi connectivity index (χ4n) is 0. The van der Waals surface area contributed by atoms with Crippen molar-refractivity contribution in [3.8, 4) is 0 Å². The number of hydrogen-bond acceptors (Lipinski definition) is 0. The van der Waals surface area contributed by atoms with Gasteiger partial charge in [-0.2, -0.15) is 0 Å². The number of halogens is 2. The summed E-state index contributed by atoms with van der Waals surface area (Å²) in [6, 6.07) is 0. The van der Waals surface area contributed by atoms with Crippen molar-refractivity contribution in [3.05, 3.63) is 0 Å². The molecule has 0 aromatic rings. The fourth-order valence-corrected chi connectivity index (χ4v) is 0. The summed E-state index contributed by atoms with van der Waals surface area (Å²) >= 11 is 0. The zero-order valence-corrected chi connectivity index (χ0v) is 0.816. The van der Waals surface area contributed by atoms with Crippen LogP contribution in [0.1, 0.15) is 0 Å². The van der Waals surface area contributed by atoms with Crippen molar-refractivity contribution in [2.24, 2.45) is 0 Å². The summed E-state index contributed by atoms with van der Waals surface area (Å²) in [5.41, 5.74) is 0. The first kappa shape index (κ1) is 53.7. The molecule has 0 fully saturated rings. The van der Waals surface area contributed by atoms with E-state index in [1.54, 1.807) is 0 Å². The van der Waals surface area contributed by atoms with E-state index < -0.39 is 0 Å². The molecule has 0 aromatic carbocycles. The van der Waals surface area contributed by atoms with Crippen molar-refractivity contribution in [1.29, 1.82) is 0 Å². The summed E-state index contributed by atoms with van der Waals surface area (Å²) in [5, 5.41) is 0. The Morgan fingerprint density at radius 3 is 0.750 bits per heavy atom. The first-order chi connectivity index (χ1) is 0. The van der Waals surface area contributed by atoms with Gasteiger partial charge in [0.15, 0.2) is 17.4 Å². The molecule has 0 aliphatic rings. The van der Waals surface area contributed by atoms with Crippen LogP contribution in [0.3, 0.4) is 0 Å². The number of hydrogen-bond donors (Lipinski definition) is 0. The third kappa shape index (κ3) is 10.0. The van der Waals surface area contributed by atoms with Gasteiger partial charge in [0.2, 0.25) is 0 Å². The predicted octanol–water partition coefficient (Wildman–Crippen LogP) is -1.53. The van der Waals surface area contributed by atoms with Gasteiger partial charge >= 0.3 is 29.6 Å². The zero-order chi connectivity index (χ0) is 0. The Labute approximate surface area is 56.1 Å². The van der Waals surface area contributed by atoms with E-state index in [1.807, 2.05) is 0 Å². The molecular formula is H6AlF2Na. The number of rotatable bonds is 0. The summed E-state index contributed by atoms with van der Waals surface area (Å²) in [7, 11) is 0. The van der Waals surface area contributed by atoms with Crippen molar-refractivity contribution >= 4 is 46.9 Å². The van der Waals surface area contributed by atoms with Gasteiger partial charge in [-0.1, -0.05) is 0 Å². The van der Waals surface area contributed by atoms with Gasteiger partial charge in [0, 0.05) is 0 Å². The maximum absolute atomic E-state index is 0. The molecule has 0 nitrogen and oxygen atoms in total. The molecule has 0 saturated carbocycles. The van der Waals surface area contributed by atoms with Crippen LogP contribution in [0.5, 0.6) is 0 Å². The first-order valence-electron chi connectivity index (χ1n) is 0. The Morgan fingerprint density at radius 1 is 0.750 bits per heavy atom.